The molecule has 0 saturated heterocycles. The lowest BCUT2D eigenvalue weighted by Gasteiger charge is -2.19. The summed E-state index contributed by atoms with van der Waals surface area (Å²) in [7, 11) is 0. The highest BCUT2D eigenvalue weighted by Gasteiger charge is 2.20. The van der Waals surface area contributed by atoms with E-state index in [1.54, 1.807) is 49.4 Å². The fourth-order valence-electron chi connectivity index (χ4n) is 2.62. The van der Waals surface area contributed by atoms with Crippen LogP contribution in [0.5, 0.6) is 11.5 Å². The summed E-state index contributed by atoms with van der Waals surface area (Å²) in [5, 5.41) is 19.2. The van der Waals surface area contributed by atoms with Gasteiger partial charge in [-0.05, 0) is 37.6 Å². The van der Waals surface area contributed by atoms with Gasteiger partial charge in [0.05, 0.1) is 6.10 Å². The molecule has 0 aromatic heterocycles. The van der Waals surface area contributed by atoms with Crippen LogP contribution in [-0.2, 0) is 14.3 Å². The normalized spacial score (nSPS) is 13.0. The first-order valence-corrected chi connectivity index (χ1v) is 10.2. The molecule has 0 aliphatic heterocycles. The lowest BCUT2D eigenvalue weighted by molar-refractivity contribution is -0.146. The quantitative estimate of drug-likeness (QED) is 0.361. The van der Waals surface area contributed by atoms with Gasteiger partial charge in [-0.15, -0.1) is 0 Å². The number of esters is 1. The van der Waals surface area contributed by atoms with Gasteiger partial charge < -0.3 is 24.4 Å². The Balaban J connectivity index is 1.89. The number of aliphatic hydroxyl groups excluding tert-OH is 1. The summed E-state index contributed by atoms with van der Waals surface area (Å²) < 4.78 is 16.5. The van der Waals surface area contributed by atoms with E-state index in [9.17, 15) is 14.7 Å². The number of hydrogen-bond acceptors (Lipinski definition) is 6. The summed E-state index contributed by atoms with van der Waals surface area (Å²) in [5.74, 6) is -0.574. The van der Waals surface area contributed by atoms with Crippen LogP contribution in [0.25, 0.3) is 0 Å². The summed E-state index contributed by atoms with van der Waals surface area (Å²) >= 11 is 0. The largest absolute Gasteiger partial charge is 0.491 e. The standard InChI is InChI=1S/C25H28O7/c1-18(13-14-20(26)16-30-21-9-5-3-6-10-21)25(29)32-23(15-19(2)24(27)28)17-31-22-11-7-4-8-12-22/h3-13,20,23,26H,2,14-17H2,1H3,(H,27,28). The van der Waals surface area contributed by atoms with Crippen molar-refractivity contribution in [2.24, 2.45) is 0 Å². The first-order valence-electron chi connectivity index (χ1n) is 10.2. The maximum atomic E-state index is 12.5. The Kier molecular flexibility index (Phi) is 10.0. The van der Waals surface area contributed by atoms with Gasteiger partial charge in [-0.1, -0.05) is 49.1 Å². The van der Waals surface area contributed by atoms with E-state index in [2.05, 4.69) is 6.58 Å². The molecule has 2 aromatic rings. The van der Waals surface area contributed by atoms with Crippen molar-refractivity contribution in [2.75, 3.05) is 13.2 Å². The Morgan fingerprint density at radius 3 is 2.03 bits per heavy atom. The maximum Gasteiger partial charge on any atom is 0.333 e. The molecule has 32 heavy (non-hydrogen) atoms. The van der Waals surface area contributed by atoms with Crippen LogP contribution in [0.2, 0.25) is 0 Å². The highest BCUT2D eigenvalue weighted by atomic mass is 16.6. The van der Waals surface area contributed by atoms with Gasteiger partial charge in [0.2, 0.25) is 0 Å². The highest BCUT2D eigenvalue weighted by molar-refractivity contribution is 5.88. The van der Waals surface area contributed by atoms with Crippen molar-refractivity contribution in [3.05, 3.63) is 84.5 Å². The molecule has 7 heteroatoms. The third-order valence-corrected chi connectivity index (χ3v) is 4.43. The highest BCUT2D eigenvalue weighted by Crippen LogP contribution is 2.15. The molecule has 0 spiro atoms. The van der Waals surface area contributed by atoms with Gasteiger partial charge in [-0.25, -0.2) is 9.59 Å². The van der Waals surface area contributed by atoms with Gasteiger partial charge in [0.15, 0.2) is 0 Å². The van der Waals surface area contributed by atoms with E-state index in [1.165, 1.54) is 0 Å². The van der Waals surface area contributed by atoms with E-state index in [-0.39, 0.29) is 37.2 Å². The summed E-state index contributed by atoms with van der Waals surface area (Å²) in [5.41, 5.74) is 0.198. The Hall–Kier alpha value is -3.58. The van der Waals surface area contributed by atoms with Gasteiger partial charge in [-0.2, -0.15) is 0 Å². The Labute approximate surface area is 187 Å². The van der Waals surface area contributed by atoms with E-state index < -0.39 is 24.1 Å². The second-order valence-corrected chi connectivity index (χ2v) is 7.16. The van der Waals surface area contributed by atoms with Crippen LogP contribution in [0.3, 0.4) is 0 Å². The number of aliphatic carboxylic acids is 1. The Bertz CT molecular complexity index is 906. The lowest BCUT2D eigenvalue weighted by Crippen LogP contribution is -2.27. The molecule has 0 amide bonds. The number of carbonyl (C=O) groups is 2. The van der Waals surface area contributed by atoms with Crippen molar-refractivity contribution in [2.45, 2.75) is 32.0 Å². The van der Waals surface area contributed by atoms with Crippen LogP contribution in [-0.4, -0.2) is 47.6 Å². The molecule has 2 unspecified atom stereocenters. The van der Waals surface area contributed by atoms with Crippen molar-refractivity contribution in [3.63, 3.8) is 0 Å². The van der Waals surface area contributed by atoms with Gasteiger partial charge in [0.1, 0.15) is 30.8 Å². The molecule has 7 nitrogen and oxygen atoms in total. The van der Waals surface area contributed by atoms with Gasteiger partial charge in [-0.3, -0.25) is 0 Å². The van der Waals surface area contributed by atoms with Crippen LogP contribution in [0, 0.1) is 0 Å². The molecule has 2 N–H and O–H groups in total. The molecule has 170 valence electrons. The zero-order valence-corrected chi connectivity index (χ0v) is 18.0. The molecular formula is C25H28O7. The Morgan fingerprint density at radius 1 is 0.969 bits per heavy atom. The number of hydrogen-bond donors (Lipinski definition) is 2. The summed E-state index contributed by atoms with van der Waals surface area (Å²) in [4.78, 5) is 23.6. The molecule has 0 saturated carbocycles. The lowest BCUT2D eigenvalue weighted by atomic mass is 10.1. The van der Waals surface area contributed by atoms with Crippen molar-refractivity contribution in [3.8, 4) is 11.5 Å². The number of rotatable bonds is 13. The van der Waals surface area contributed by atoms with Crippen molar-refractivity contribution in [1.82, 2.24) is 0 Å². The number of carbonyl (C=O) groups excluding carboxylic acids is 1. The molecule has 2 aromatic carbocycles. The third kappa shape index (κ3) is 9.06. The molecule has 0 bridgehead atoms. The predicted molar refractivity (Wildman–Crippen MR) is 120 cm³/mol. The van der Waals surface area contributed by atoms with E-state index in [0.29, 0.717) is 11.5 Å². The molecule has 0 heterocycles. The average Bonchev–Trinajstić information content (AvgIpc) is 2.80. The fourth-order valence-corrected chi connectivity index (χ4v) is 2.62. The van der Waals surface area contributed by atoms with Gasteiger partial charge >= 0.3 is 11.9 Å². The number of ether oxygens (including phenoxy) is 3. The van der Waals surface area contributed by atoms with Crippen LogP contribution >= 0.6 is 0 Å². The number of carboxylic acid groups (broad SMARTS) is 1. The number of benzene rings is 2. The zero-order valence-electron chi connectivity index (χ0n) is 18.0. The van der Waals surface area contributed by atoms with E-state index in [4.69, 9.17) is 19.3 Å². The second kappa shape index (κ2) is 13.0. The Morgan fingerprint density at radius 2 is 1.50 bits per heavy atom. The molecule has 2 rings (SSSR count). The minimum Gasteiger partial charge on any atom is -0.491 e. The number of aliphatic hydroxyl groups is 1. The fraction of sp³-hybridized carbons (Fsp3) is 0.280. The first-order chi connectivity index (χ1) is 15.3. The SMILES string of the molecule is C=C(CC(COc1ccccc1)OC(=O)C(C)=CCC(O)COc1ccccc1)C(=O)O. The number of carboxylic acids is 1. The molecular weight excluding hydrogens is 412 g/mol. The smallest absolute Gasteiger partial charge is 0.333 e. The number of para-hydroxylation sites is 2. The minimum absolute atomic E-state index is 0.0249. The van der Waals surface area contributed by atoms with Crippen molar-refractivity contribution >= 4 is 11.9 Å². The van der Waals surface area contributed by atoms with Gasteiger partial charge in [0, 0.05) is 17.6 Å². The molecule has 0 radical (unpaired) electrons. The molecule has 2 atom stereocenters. The average molecular weight is 440 g/mol. The summed E-state index contributed by atoms with van der Waals surface area (Å²) in [6, 6.07) is 18.0. The zero-order chi connectivity index (χ0) is 23.3. The van der Waals surface area contributed by atoms with Crippen LogP contribution < -0.4 is 9.47 Å². The summed E-state index contributed by atoms with van der Waals surface area (Å²) in [6.07, 6.45) is 0.0424. The monoisotopic (exact) mass is 440 g/mol. The van der Waals surface area contributed by atoms with E-state index >= 15 is 0 Å². The van der Waals surface area contributed by atoms with Crippen LogP contribution in [0.1, 0.15) is 19.8 Å². The van der Waals surface area contributed by atoms with Crippen LogP contribution in [0.4, 0.5) is 0 Å². The topological polar surface area (TPSA) is 102 Å². The minimum atomic E-state index is -1.17. The molecule has 0 aliphatic rings. The summed E-state index contributed by atoms with van der Waals surface area (Å²) in [6.45, 7) is 5.12. The molecule has 0 fully saturated rings. The third-order valence-electron chi connectivity index (χ3n) is 4.43. The van der Waals surface area contributed by atoms with E-state index in [0.717, 1.165) is 0 Å². The second-order valence-electron chi connectivity index (χ2n) is 7.16. The maximum absolute atomic E-state index is 12.5. The van der Waals surface area contributed by atoms with E-state index in [1.807, 2.05) is 24.3 Å². The predicted octanol–water partition coefficient (Wildman–Crippen LogP) is 3.78. The van der Waals surface area contributed by atoms with Crippen LogP contribution in [0.15, 0.2) is 84.5 Å². The van der Waals surface area contributed by atoms with Gasteiger partial charge in [0.25, 0.3) is 0 Å². The molecule has 0 aliphatic carbocycles. The van der Waals surface area contributed by atoms with Crippen molar-refractivity contribution < 1.29 is 34.0 Å². The first kappa shape index (κ1) is 24.7. The van der Waals surface area contributed by atoms with Crippen molar-refractivity contribution in [1.29, 1.82) is 0 Å².